The second-order valence-corrected chi connectivity index (χ2v) is 16.4. The monoisotopic (exact) mass is 416 g/mol. The zero-order chi connectivity index (χ0) is 18.3. The number of hydrogen-bond donors (Lipinski definition) is 0. The summed E-state index contributed by atoms with van der Waals surface area (Å²) in [6.07, 6.45) is 25.5. The number of thioether (sulfide) groups is 2. The van der Waals surface area contributed by atoms with Gasteiger partial charge in [0.25, 0.3) is 0 Å². The molecule has 9 fully saturated rings. The second-order valence-electron chi connectivity index (χ2n) is 12.8. The minimum Gasteiger partial charge on any atom is -0.152 e. The van der Waals surface area contributed by atoms with Gasteiger partial charge in [-0.25, -0.2) is 0 Å². The zero-order valence-electron chi connectivity index (χ0n) is 17.7. The predicted octanol–water partition coefficient (Wildman–Crippen LogP) is 7.70. The van der Waals surface area contributed by atoms with Gasteiger partial charge in [0.05, 0.1) is 0 Å². The molecule has 9 aliphatic carbocycles. The third-order valence-corrected chi connectivity index (χ3v) is 14.0. The fraction of sp³-hybridized carbons (Fsp3) is 1.00. The molecule has 0 heterocycles. The molecule has 156 valence electrons. The first-order chi connectivity index (χ1) is 13.6. The minimum absolute atomic E-state index is 0.749. The molecule has 28 heavy (non-hydrogen) atoms. The van der Waals surface area contributed by atoms with Crippen LogP contribution in [0.1, 0.15) is 103 Å². The van der Waals surface area contributed by atoms with E-state index in [0.717, 1.165) is 55.5 Å². The maximum absolute atomic E-state index is 2.54. The Morgan fingerprint density at radius 1 is 0.393 bits per heavy atom. The molecular weight excluding hydrogens is 376 g/mol. The minimum atomic E-state index is 0.749. The van der Waals surface area contributed by atoms with Crippen molar-refractivity contribution < 1.29 is 0 Å². The molecule has 0 aromatic carbocycles. The topological polar surface area (TPSA) is 0 Å². The molecular formula is C26H40S2. The molecule has 0 unspecified atom stereocenters. The van der Waals surface area contributed by atoms with Crippen LogP contribution in [0, 0.1) is 35.5 Å². The molecule has 0 radical (unpaired) electrons. The standard InChI is InChI=1S/C26H40S2/c1-2-24(28-26-14-20-8-21(15-26)10-22(9-20)16-26)4-3-23(1)27-25-11-17-5-18(12-25)7-19(6-17)13-25/h17-24H,1-16H2. The van der Waals surface area contributed by atoms with E-state index in [2.05, 4.69) is 23.5 Å². The van der Waals surface area contributed by atoms with E-state index in [1.807, 2.05) is 0 Å². The van der Waals surface area contributed by atoms with Crippen molar-refractivity contribution in [2.75, 3.05) is 0 Å². The Morgan fingerprint density at radius 3 is 0.893 bits per heavy atom. The summed E-state index contributed by atoms with van der Waals surface area (Å²) in [4.78, 5) is 0. The molecule has 0 amide bonds. The highest BCUT2D eigenvalue weighted by atomic mass is 32.2. The van der Waals surface area contributed by atoms with Crippen LogP contribution < -0.4 is 0 Å². The van der Waals surface area contributed by atoms with Crippen molar-refractivity contribution in [3.05, 3.63) is 0 Å². The Hall–Kier alpha value is 0.700. The van der Waals surface area contributed by atoms with Gasteiger partial charge in [-0.1, -0.05) is 0 Å². The van der Waals surface area contributed by atoms with E-state index < -0.39 is 0 Å². The van der Waals surface area contributed by atoms with Gasteiger partial charge in [-0.05, 0) is 138 Å². The summed E-state index contributed by atoms with van der Waals surface area (Å²) in [6, 6.07) is 0. The van der Waals surface area contributed by atoms with Crippen molar-refractivity contribution in [2.45, 2.75) is 123 Å². The molecule has 0 aliphatic heterocycles. The van der Waals surface area contributed by atoms with E-state index in [1.54, 1.807) is 103 Å². The van der Waals surface area contributed by atoms with Crippen LogP contribution >= 0.6 is 23.5 Å². The quantitative estimate of drug-likeness (QED) is 0.460. The van der Waals surface area contributed by atoms with Crippen LogP contribution in [0.4, 0.5) is 0 Å². The maximum Gasteiger partial charge on any atom is 0.0170 e. The Kier molecular flexibility index (Phi) is 4.31. The molecule has 0 aromatic rings. The van der Waals surface area contributed by atoms with Gasteiger partial charge >= 0.3 is 0 Å². The van der Waals surface area contributed by atoms with E-state index in [4.69, 9.17) is 0 Å². The summed E-state index contributed by atoms with van der Waals surface area (Å²) in [7, 11) is 0. The lowest BCUT2D eigenvalue weighted by Gasteiger charge is -2.58. The summed E-state index contributed by atoms with van der Waals surface area (Å²) >= 11 is 5.08. The van der Waals surface area contributed by atoms with Crippen molar-refractivity contribution in [3.63, 3.8) is 0 Å². The van der Waals surface area contributed by atoms with Crippen molar-refractivity contribution in [2.24, 2.45) is 35.5 Å². The average Bonchev–Trinajstić information content (AvgIpc) is 2.60. The molecule has 0 N–H and O–H groups in total. The van der Waals surface area contributed by atoms with Crippen LogP contribution in [0.15, 0.2) is 0 Å². The van der Waals surface area contributed by atoms with Gasteiger partial charge in [0.2, 0.25) is 0 Å². The Morgan fingerprint density at radius 2 is 0.643 bits per heavy atom. The lowest BCUT2D eigenvalue weighted by molar-refractivity contribution is 0.0375. The van der Waals surface area contributed by atoms with Gasteiger partial charge in [-0.3, -0.25) is 0 Å². The third kappa shape index (κ3) is 3.16. The largest absolute Gasteiger partial charge is 0.152 e. The first kappa shape index (κ1) is 18.3. The SMILES string of the molecule is C1C2CC3CC1CC(SC1CCC(SC45CC6CC(CC(C6)C4)C5)CC1)(C2)C3. The van der Waals surface area contributed by atoms with Crippen molar-refractivity contribution in [3.8, 4) is 0 Å². The second kappa shape index (κ2) is 6.60. The molecule has 0 nitrogen and oxygen atoms in total. The van der Waals surface area contributed by atoms with E-state index in [-0.39, 0.29) is 0 Å². The lowest BCUT2D eigenvalue weighted by atomic mass is 9.56. The summed E-state index contributed by atoms with van der Waals surface area (Å²) in [5.41, 5.74) is 0. The van der Waals surface area contributed by atoms with E-state index in [0.29, 0.717) is 0 Å². The first-order valence-electron chi connectivity index (χ1n) is 13.0. The number of rotatable bonds is 4. The van der Waals surface area contributed by atoms with Gasteiger partial charge in [0, 0.05) is 20.0 Å². The summed E-state index contributed by atoms with van der Waals surface area (Å²) in [5.74, 6) is 6.76. The first-order valence-corrected chi connectivity index (χ1v) is 14.7. The van der Waals surface area contributed by atoms with Crippen LogP contribution in [-0.4, -0.2) is 20.0 Å². The van der Waals surface area contributed by atoms with E-state index in [9.17, 15) is 0 Å². The summed E-state index contributed by atoms with van der Waals surface area (Å²) < 4.78 is 1.50. The van der Waals surface area contributed by atoms with Gasteiger partial charge in [-0.2, -0.15) is 23.5 Å². The van der Waals surface area contributed by atoms with Crippen LogP contribution in [-0.2, 0) is 0 Å². The van der Waals surface area contributed by atoms with Gasteiger partial charge in [0.15, 0.2) is 0 Å². The van der Waals surface area contributed by atoms with Crippen LogP contribution in [0.3, 0.4) is 0 Å². The molecule has 0 saturated heterocycles. The van der Waals surface area contributed by atoms with E-state index in [1.165, 1.54) is 0 Å². The Bertz CT molecular complexity index is 491. The average molecular weight is 417 g/mol. The number of hydrogen-bond acceptors (Lipinski definition) is 2. The van der Waals surface area contributed by atoms with Crippen LogP contribution in [0.5, 0.6) is 0 Å². The maximum atomic E-state index is 2.54. The van der Waals surface area contributed by atoms with Crippen LogP contribution in [0.2, 0.25) is 0 Å². The zero-order valence-corrected chi connectivity index (χ0v) is 19.4. The molecule has 0 aromatic heterocycles. The summed E-state index contributed by atoms with van der Waals surface area (Å²) in [6.45, 7) is 0. The molecule has 9 aliphatic rings. The van der Waals surface area contributed by atoms with Gasteiger partial charge in [0.1, 0.15) is 0 Å². The summed E-state index contributed by atoms with van der Waals surface area (Å²) in [5, 5.41) is 2.04. The van der Waals surface area contributed by atoms with Crippen LogP contribution in [0.25, 0.3) is 0 Å². The molecule has 9 rings (SSSR count). The van der Waals surface area contributed by atoms with Gasteiger partial charge < -0.3 is 0 Å². The normalized spacial score (nSPS) is 59.1. The van der Waals surface area contributed by atoms with Crippen molar-refractivity contribution in [1.29, 1.82) is 0 Å². The third-order valence-electron chi connectivity index (χ3n) is 10.4. The predicted molar refractivity (Wildman–Crippen MR) is 123 cm³/mol. The Labute approximate surface area is 181 Å². The fourth-order valence-electron chi connectivity index (χ4n) is 10.3. The molecule has 9 saturated carbocycles. The fourth-order valence-corrected chi connectivity index (χ4v) is 14.7. The lowest BCUT2D eigenvalue weighted by Crippen LogP contribution is -2.50. The smallest absolute Gasteiger partial charge is 0.0170 e. The molecule has 0 spiro atoms. The highest BCUT2D eigenvalue weighted by molar-refractivity contribution is 8.01. The molecule has 0 atom stereocenters. The molecule has 2 heteroatoms. The van der Waals surface area contributed by atoms with E-state index >= 15 is 0 Å². The highest BCUT2D eigenvalue weighted by Crippen LogP contribution is 2.64. The van der Waals surface area contributed by atoms with Gasteiger partial charge in [-0.15, -0.1) is 0 Å². The highest BCUT2D eigenvalue weighted by Gasteiger charge is 2.53. The van der Waals surface area contributed by atoms with Crippen molar-refractivity contribution in [1.82, 2.24) is 0 Å². The van der Waals surface area contributed by atoms with Crippen molar-refractivity contribution >= 4 is 23.5 Å². The molecule has 8 bridgehead atoms. The Balaban J connectivity index is 0.966.